The summed E-state index contributed by atoms with van der Waals surface area (Å²) in [5, 5.41) is 6.03. The zero-order chi connectivity index (χ0) is 18.4. The molecule has 2 aromatic rings. The van der Waals surface area contributed by atoms with E-state index in [1.54, 1.807) is 24.3 Å². The number of nitrogens with zero attached hydrogens (tertiary/aromatic N) is 1. The monoisotopic (exact) mass is 369 g/mol. The third-order valence-electron chi connectivity index (χ3n) is 2.93. The number of carbonyl (C=O) groups excluding carboxylic acids is 2. The van der Waals surface area contributed by atoms with E-state index >= 15 is 0 Å². The van der Waals surface area contributed by atoms with Crippen LogP contribution in [-0.4, -0.2) is 18.0 Å². The van der Waals surface area contributed by atoms with Crippen LogP contribution in [0.2, 0.25) is 5.02 Å². The lowest BCUT2D eigenvalue weighted by atomic mass is 10.2. The highest BCUT2D eigenvalue weighted by molar-refractivity contribution is 6.39. The fraction of sp³-hybridized carbons (Fsp3) is 0.0625. The largest absolute Gasteiger partial charge is 0.416 e. The second-order valence-corrected chi connectivity index (χ2v) is 5.16. The van der Waals surface area contributed by atoms with Gasteiger partial charge in [0, 0.05) is 16.3 Å². The van der Waals surface area contributed by atoms with E-state index in [0.29, 0.717) is 10.6 Å². The van der Waals surface area contributed by atoms with E-state index in [0.717, 1.165) is 18.2 Å². The Balaban J connectivity index is 1.97. The lowest BCUT2D eigenvalue weighted by Gasteiger charge is -2.09. The summed E-state index contributed by atoms with van der Waals surface area (Å²) in [6, 6.07) is 10.6. The molecule has 0 aliphatic rings. The van der Waals surface area contributed by atoms with Crippen LogP contribution in [0.1, 0.15) is 11.1 Å². The molecule has 0 unspecified atom stereocenters. The quantitative estimate of drug-likeness (QED) is 0.494. The molecular formula is C16H11ClF3N3O2. The second-order valence-electron chi connectivity index (χ2n) is 4.75. The van der Waals surface area contributed by atoms with Gasteiger partial charge in [0.1, 0.15) is 0 Å². The molecule has 2 rings (SSSR count). The average molecular weight is 370 g/mol. The average Bonchev–Trinajstić information content (AvgIpc) is 2.56. The molecule has 0 saturated heterocycles. The van der Waals surface area contributed by atoms with E-state index in [-0.39, 0.29) is 5.69 Å². The summed E-state index contributed by atoms with van der Waals surface area (Å²) in [4.78, 5) is 23.3. The van der Waals surface area contributed by atoms with E-state index in [2.05, 4.69) is 10.4 Å². The Labute approximate surface area is 145 Å². The van der Waals surface area contributed by atoms with Gasteiger partial charge in [-0.2, -0.15) is 18.3 Å². The van der Waals surface area contributed by atoms with Gasteiger partial charge in [-0.25, -0.2) is 5.43 Å². The van der Waals surface area contributed by atoms with Crippen LogP contribution < -0.4 is 10.7 Å². The summed E-state index contributed by atoms with van der Waals surface area (Å²) in [5.74, 6) is -2.30. The SMILES string of the molecule is O=C(N/N=C/c1ccccc1Cl)C(=O)Nc1cccc(C(F)(F)F)c1. The van der Waals surface area contributed by atoms with Crippen molar-refractivity contribution in [1.82, 2.24) is 5.43 Å². The second kappa shape index (κ2) is 7.80. The molecule has 2 aromatic carbocycles. The minimum atomic E-state index is -4.55. The van der Waals surface area contributed by atoms with Crippen molar-refractivity contribution in [3.63, 3.8) is 0 Å². The van der Waals surface area contributed by atoms with Gasteiger partial charge < -0.3 is 5.32 Å². The molecule has 0 saturated carbocycles. The molecule has 0 radical (unpaired) electrons. The van der Waals surface area contributed by atoms with Crippen molar-refractivity contribution >= 4 is 35.3 Å². The number of carbonyl (C=O) groups is 2. The minimum absolute atomic E-state index is 0.162. The molecule has 0 aliphatic heterocycles. The van der Waals surface area contributed by atoms with Gasteiger partial charge in [0.05, 0.1) is 11.8 Å². The summed E-state index contributed by atoms with van der Waals surface area (Å²) in [6.45, 7) is 0. The molecule has 0 bridgehead atoms. The van der Waals surface area contributed by atoms with Crippen LogP contribution in [0.3, 0.4) is 0 Å². The van der Waals surface area contributed by atoms with Gasteiger partial charge in [-0.15, -0.1) is 0 Å². The molecule has 0 fully saturated rings. The first-order chi connectivity index (χ1) is 11.8. The molecule has 0 atom stereocenters. The summed E-state index contributed by atoms with van der Waals surface area (Å²) in [7, 11) is 0. The zero-order valence-electron chi connectivity index (χ0n) is 12.5. The van der Waals surface area contributed by atoms with Crippen molar-refractivity contribution in [2.24, 2.45) is 5.10 Å². The van der Waals surface area contributed by atoms with E-state index in [1.807, 2.05) is 5.43 Å². The fourth-order valence-electron chi connectivity index (χ4n) is 1.75. The van der Waals surface area contributed by atoms with Crippen LogP contribution in [0.5, 0.6) is 0 Å². The van der Waals surface area contributed by atoms with Gasteiger partial charge in [-0.3, -0.25) is 9.59 Å². The number of hydrogen-bond acceptors (Lipinski definition) is 3. The smallest absolute Gasteiger partial charge is 0.318 e. The highest BCUT2D eigenvalue weighted by Crippen LogP contribution is 2.30. The highest BCUT2D eigenvalue weighted by Gasteiger charge is 2.30. The van der Waals surface area contributed by atoms with Gasteiger partial charge in [-0.1, -0.05) is 35.9 Å². The first-order valence-electron chi connectivity index (χ1n) is 6.83. The fourth-order valence-corrected chi connectivity index (χ4v) is 1.94. The number of amides is 2. The third-order valence-corrected chi connectivity index (χ3v) is 3.27. The topological polar surface area (TPSA) is 70.6 Å². The first kappa shape index (κ1) is 18.5. The Bertz CT molecular complexity index is 822. The Morgan fingerprint density at radius 1 is 1.04 bits per heavy atom. The Morgan fingerprint density at radius 2 is 1.76 bits per heavy atom. The molecule has 0 aliphatic carbocycles. The van der Waals surface area contributed by atoms with Crippen LogP contribution in [-0.2, 0) is 15.8 Å². The molecule has 9 heteroatoms. The van der Waals surface area contributed by atoms with Crippen molar-refractivity contribution in [3.8, 4) is 0 Å². The number of hydrazone groups is 1. The van der Waals surface area contributed by atoms with E-state index in [1.165, 1.54) is 12.3 Å². The number of hydrogen-bond donors (Lipinski definition) is 2. The first-order valence-corrected chi connectivity index (χ1v) is 7.21. The van der Waals surface area contributed by atoms with Gasteiger partial charge in [0.2, 0.25) is 0 Å². The Kier molecular flexibility index (Phi) is 5.76. The maximum absolute atomic E-state index is 12.6. The van der Waals surface area contributed by atoms with Gasteiger partial charge in [-0.05, 0) is 24.3 Å². The summed E-state index contributed by atoms with van der Waals surface area (Å²) < 4.78 is 37.8. The molecule has 5 nitrogen and oxygen atoms in total. The summed E-state index contributed by atoms with van der Waals surface area (Å²) in [5.41, 5.74) is 1.37. The highest BCUT2D eigenvalue weighted by atomic mass is 35.5. The lowest BCUT2D eigenvalue weighted by Crippen LogP contribution is -2.32. The molecule has 130 valence electrons. The summed E-state index contributed by atoms with van der Waals surface area (Å²) in [6.07, 6.45) is -3.32. The minimum Gasteiger partial charge on any atom is -0.318 e. The molecule has 0 heterocycles. The van der Waals surface area contributed by atoms with Crippen LogP contribution in [0.25, 0.3) is 0 Å². The molecule has 2 N–H and O–H groups in total. The van der Waals surface area contributed by atoms with Crippen LogP contribution >= 0.6 is 11.6 Å². The molecule has 2 amide bonds. The van der Waals surface area contributed by atoms with Crippen LogP contribution in [0.4, 0.5) is 18.9 Å². The Hall–Kier alpha value is -2.87. The number of halogens is 4. The van der Waals surface area contributed by atoms with Crippen LogP contribution in [0.15, 0.2) is 53.6 Å². The van der Waals surface area contributed by atoms with Crippen LogP contribution in [0, 0.1) is 0 Å². The predicted molar refractivity (Wildman–Crippen MR) is 87.3 cm³/mol. The van der Waals surface area contributed by atoms with Gasteiger partial charge in [0.25, 0.3) is 0 Å². The maximum atomic E-state index is 12.6. The van der Waals surface area contributed by atoms with Crippen molar-refractivity contribution in [2.45, 2.75) is 6.18 Å². The number of rotatable bonds is 3. The number of benzene rings is 2. The summed E-state index contributed by atoms with van der Waals surface area (Å²) >= 11 is 5.89. The standard InChI is InChI=1S/C16H11ClF3N3O2/c17-13-7-2-1-4-10(13)9-21-23-15(25)14(24)22-12-6-3-5-11(8-12)16(18,19)20/h1-9H,(H,22,24)(H,23,25)/b21-9+. The molecule has 0 aromatic heterocycles. The predicted octanol–water partition coefficient (Wildman–Crippen LogP) is 3.45. The van der Waals surface area contributed by atoms with Crippen molar-refractivity contribution < 1.29 is 22.8 Å². The normalized spacial score (nSPS) is 11.4. The zero-order valence-corrected chi connectivity index (χ0v) is 13.2. The van der Waals surface area contributed by atoms with Gasteiger partial charge >= 0.3 is 18.0 Å². The number of nitrogens with one attached hydrogen (secondary N) is 2. The maximum Gasteiger partial charge on any atom is 0.416 e. The van der Waals surface area contributed by atoms with Crippen molar-refractivity contribution in [3.05, 3.63) is 64.7 Å². The van der Waals surface area contributed by atoms with Crippen molar-refractivity contribution in [1.29, 1.82) is 0 Å². The molecular weight excluding hydrogens is 359 g/mol. The van der Waals surface area contributed by atoms with Gasteiger partial charge in [0.15, 0.2) is 0 Å². The number of anilines is 1. The van der Waals surface area contributed by atoms with E-state index in [4.69, 9.17) is 11.6 Å². The third kappa shape index (κ3) is 5.32. The van der Waals surface area contributed by atoms with E-state index in [9.17, 15) is 22.8 Å². The van der Waals surface area contributed by atoms with Crippen molar-refractivity contribution in [2.75, 3.05) is 5.32 Å². The Morgan fingerprint density at radius 3 is 2.44 bits per heavy atom. The van der Waals surface area contributed by atoms with E-state index < -0.39 is 23.6 Å². The number of alkyl halides is 3. The lowest BCUT2D eigenvalue weighted by molar-refractivity contribution is -0.137. The molecule has 25 heavy (non-hydrogen) atoms. The molecule has 0 spiro atoms.